The van der Waals surface area contributed by atoms with Gasteiger partial charge in [-0.2, -0.15) is 0 Å². The average Bonchev–Trinajstić information content (AvgIpc) is 2.77. The highest BCUT2D eigenvalue weighted by atomic mass is 16.5. The van der Waals surface area contributed by atoms with Crippen molar-refractivity contribution in [3.8, 4) is 0 Å². The third-order valence-corrected chi connectivity index (χ3v) is 5.36. The van der Waals surface area contributed by atoms with E-state index in [2.05, 4.69) is 21.3 Å². The number of nitrogens with one attached hydrogen (secondary N) is 4. The molecule has 0 aliphatic carbocycles. The number of carbonyl (C=O) groups is 5. The molecule has 0 aliphatic heterocycles. The van der Waals surface area contributed by atoms with E-state index < -0.39 is 11.9 Å². The average molecular weight is 471 g/mol. The monoisotopic (exact) mass is 470 g/mol. The summed E-state index contributed by atoms with van der Waals surface area (Å²) >= 11 is 0. The van der Waals surface area contributed by atoms with Crippen LogP contribution in [-0.4, -0.2) is 61.9 Å². The maximum absolute atomic E-state index is 12.1. The van der Waals surface area contributed by atoms with E-state index in [4.69, 9.17) is 4.74 Å². The first-order valence-corrected chi connectivity index (χ1v) is 11.9. The Kier molecular flexibility index (Phi) is 16.4. The number of esters is 1. The summed E-state index contributed by atoms with van der Waals surface area (Å²) in [5.74, 6) is -1.10. The van der Waals surface area contributed by atoms with E-state index in [-0.39, 0.29) is 48.7 Å². The van der Waals surface area contributed by atoms with Crippen molar-refractivity contribution in [1.29, 1.82) is 0 Å². The van der Waals surface area contributed by atoms with Crippen LogP contribution in [0, 0.1) is 5.92 Å². The Morgan fingerprint density at radius 3 is 2.12 bits per heavy atom. The van der Waals surface area contributed by atoms with E-state index in [0.29, 0.717) is 32.2 Å². The zero-order valence-corrected chi connectivity index (χ0v) is 20.8. The van der Waals surface area contributed by atoms with Crippen molar-refractivity contribution in [2.24, 2.45) is 5.92 Å². The molecule has 4 N–H and O–H groups in total. The molecule has 2 atom stereocenters. The molecule has 0 saturated heterocycles. The number of ketones is 1. The second kappa shape index (κ2) is 17.9. The summed E-state index contributed by atoms with van der Waals surface area (Å²) < 4.78 is 5.45. The first-order chi connectivity index (χ1) is 15.6. The summed E-state index contributed by atoms with van der Waals surface area (Å²) in [5, 5.41) is 10.2. The van der Waals surface area contributed by atoms with Crippen molar-refractivity contribution in [2.45, 2.75) is 91.2 Å². The van der Waals surface area contributed by atoms with Gasteiger partial charge in [-0.15, -0.1) is 0 Å². The van der Waals surface area contributed by atoms with Crippen molar-refractivity contribution >= 4 is 29.6 Å². The highest BCUT2D eigenvalue weighted by Crippen LogP contribution is 2.14. The van der Waals surface area contributed by atoms with Crippen LogP contribution in [-0.2, 0) is 23.9 Å². The maximum atomic E-state index is 12.1. The summed E-state index contributed by atoms with van der Waals surface area (Å²) in [6.45, 7) is 7.34. The van der Waals surface area contributed by atoms with Gasteiger partial charge in [-0.25, -0.2) is 4.79 Å². The second-order valence-electron chi connectivity index (χ2n) is 8.16. The molecule has 0 rings (SSSR count). The van der Waals surface area contributed by atoms with Gasteiger partial charge in [0.05, 0.1) is 24.6 Å². The summed E-state index contributed by atoms with van der Waals surface area (Å²) in [5.41, 5.74) is 0. The van der Waals surface area contributed by atoms with Crippen LogP contribution in [0.2, 0.25) is 0 Å². The predicted octanol–water partition coefficient (Wildman–Crippen LogP) is 1.81. The molecule has 0 aromatic carbocycles. The van der Waals surface area contributed by atoms with Gasteiger partial charge in [0.1, 0.15) is 0 Å². The fourth-order valence-electron chi connectivity index (χ4n) is 3.18. The lowest BCUT2D eigenvalue weighted by molar-refractivity contribution is -0.153. The number of hydrogen-bond acceptors (Lipinski definition) is 6. The highest BCUT2D eigenvalue weighted by Gasteiger charge is 2.19. The first kappa shape index (κ1) is 30.4. The molecule has 4 amide bonds. The van der Waals surface area contributed by atoms with Crippen LogP contribution in [0.3, 0.4) is 0 Å². The maximum Gasteiger partial charge on any atom is 0.314 e. The van der Waals surface area contributed by atoms with Gasteiger partial charge in [-0.1, -0.05) is 13.8 Å². The van der Waals surface area contributed by atoms with Gasteiger partial charge >= 0.3 is 12.0 Å². The van der Waals surface area contributed by atoms with Gasteiger partial charge in [-0.05, 0) is 58.8 Å². The van der Waals surface area contributed by atoms with Crippen LogP contribution in [0.25, 0.3) is 0 Å². The van der Waals surface area contributed by atoms with Gasteiger partial charge in [0.15, 0.2) is 5.78 Å². The molecule has 0 heterocycles. The molecule has 33 heavy (non-hydrogen) atoms. The van der Waals surface area contributed by atoms with Gasteiger partial charge in [-0.3, -0.25) is 19.2 Å². The molecule has 0 spiro atoms. The molecule has 0 aromatic rings. The zero-order valence-electron chi connectivity index (χ0n) is 20.8. The third kappa shape index (κ3) is 14.9. The molecule has 0 fully saturated rings. The number of carbonyl (C=O) groups excluding carboxylic acids is 5. The number of ether oxygens (including phenoxy) is 1. The molecule has 0 aliphatic rings. The van der Waals surface area contributed by atoms with Crippen molar-refractivity contribution in [2.75, 3.05) is 20.1 Å². The topological polar surface area (TPSA) is 143 Å². The fraction of sp³-hybridized carbons (Fsp3) is 0.783. The Hall–Kier alpha value is -2.65. The lowest BCUT2D eigenvalue weighted by Crippen LogP contribution is -2.45. The quantitative estimate of drug-likeness (QED) is 0.189. The van der Waals surface area contributed by atoms with Crippen molar-refractivity contribution in [3.05, 3.63) is 0 Å². The van der Waals surface area contributed by atoms with Gasteiger partial charge in [0.2, 0.25) is 11.8 Å². The number of Topliss-reactive ketones (excluding diaryl/α,β-unsaturated/α-hetero) is 1. The Labute approximate surface area is 197 Å². The van der Waals surface area contributed by atoms with Crippen LogP contribution in [0.1, 0.15) is 79.1 Å². The molecule has 10 heteroatoms. The first-order valence-electron chi connectivity index (χ1n) is 11.9. The molecule has 0 aromatic heterocycles. The highest BCUT2D eigenvalue weighted by molar-refractivity contribution is 5.90. The van der Waals surface area contributed by atoms with Crippen molar-refractivity contribution in [1.82, 2.24) is 21.3 Å². The van der Waals surface area contributed by atoms with Gasteiger partial charge < -0.3 is 26.0 Å². The largest absolute Gasteiger partial charge is 0.462 e. The Morgan fingerprint density at radius 1 is 0.879 bits per heavy atom. The summed E-state index contributed by atoms with van der Waals surface area (Å²) in [4.78, 5) is 58.9. The van der Waals surface area contributed by atoms with E-state index in [1.807, 2.05) is 20.8 Å². The van der Waals surface area contributed by atoms with E-state index in [0.717, 1.165) is 19.3 Å². The zero-order chi connectivity index (χ0) is 25.2. The summed E-state index contributed by atoms with van der Waals surface area (Å²) in [7, 11) is 1.51. The van der Waals surface area contributed by atoms with E-state index >= 15 is 0 Å². The molecule has 0 bridgehead atoms. The minimum atomic E-state index is -0.662. The minimum absolute atomic E-state index is 0.0637. The standard InChI is InChI=1S/C23H42N4O6/c1-6-18(7-2)22(31)33-16(3)11-8-9-13-20(29)26-15-21(30)27-19(17(4)28)12-10-14-25-23(32)24-5/h16,18-19H,6-15H2,1-5H3,(H,26,29)(H,27,30)(H2,24,25,32). The fourth-order valence-corrected chi connectivity index (χ4v) is 3.18. The number of amides is 4. The van der Waals surface area contributed by atoms with Crippen LogP contribution >= 0.6 is 0 Å². The Balaban J connectivity index is 4.08. The van der Waals surface area contributed by atoms with Crippen molar-refractivity contribution in [3.63, 3.8) is 0 Å². The number of hydrogen-bond donors (Lipinski definition) is 4. The molecular formula is C23H42N4O6. The second-order valence-corrected chi connectivity index (χ2v) is 8.16. The Bertz CT molecular complexity index is 636. The van der Waals surface area contributed by atoms with E-state index in [1.54, 1.807) is 0 Å². The summed E-state index contributed by atoms with van der Waals surface area (Å²) in [6.07, 6.45) is 4.53. The van der Waals surface area contributed by atoms with Crippen LogP contribution < -0.4 is 21.3 Å². The SMILES string of the molecule is CCC(CC)C(=O)OC(C)CCCCC(=O)NCC(=O)NC(CCCNC(=O)NC)C(C)=O. The molecular weight excluding hydrogens is 428 g/mol. The van der Waals surface area contributed by atoms with E-state index in [1.165, 1.54) is 14.0 Å². The number of rotatable bonds is 17. The van der Waals surface area contributed by atoms with Crippen LogP contribution in [0.4, 0.5) is 4.79 Å². The number of unbranched alkanes of at least 4 members (excludes halogenated alkanes) is 1. The third-order valence-electron chi connectivity index (χ3n) is 5.36. The summed E-state index contributed by atoms with van der Waals surface area (Å²) in [6, 6.07) is -0.969. The predicted molar refractivity (Wildman–Crippen MR) is 125 cm³/mol. The lowest BCUT2D eigenvalue weighted by atomic mass is 10.0. The van der Waals surface area contributed by atoms with Gasteiger partial charge in [0, 0.05) is 20.0 Å². The van der Waals surface area contributed by atoms with Crippen LogP contribution in [0.5, 0.6) is 0 Å². The van der Waals surface area contributed by atoms with Crippen LogP contribution in [0.15, 0.2) is 0 Å². The van der Waals surface area contributed by atoms with Crippen molar-refractivity contribution < 1.29 is 28.7 Å². The molecule has 10 nitrogen and oxygen atoms in total. The molecule has 0 radical (unpaired) electrons. The molecule has 2 unspecified atom stereocenters. The minimum Gasteiger partial charge on any atom is -0.462 e. The van der Waals surface area contributed by atoms with E-state index in [9.17, 15) is 24.0 Å². The van der Waals surface area contributed by atoms with Gasteiger partial charge in [0.25, 0.3) is 0 Å². The Morgan fingerprint density at radius 2 is 1.55 bits per heavy atom. The molecule has 0 saturated carbocycles. The normalized spacial score (nSPS) is 12.4. The smallest absolute Gasteiger partial charge is 0.314 e. The lowest BCUT2D eigenvalue weighted by Gasteiger charge is -2.17. The molecule has 190 valence electrons. The number of urea groups is 1.